The Morgan fingerprint density at radius 1 is 0.917 bits per heavy atom. The van der Waals surface area contributed by atoms with E-state index in [1.807, 2.05) is 42.5 Å². The zero-order chi connectivity index (χ0) is 17.4. The van der Waals surface area contributed by atoms with Gasteiger partial charge in [-0.15, -0.1) is 0 Å². The Morgan fingerprint density at radius 2 is 1.54 bits per heavy atom. The Morgan fingerprint density at radius 3 is 2.25 bits per heavy atom. The van der Waals surface area contributed by atoms with Gasteiger partial charge < -0.3 is 9.47 Å². The summed E-state index contributed by atoms with van der Waals surface area (Å²) in [5, 5.41) is 0. The van der Waals surface area contributed by atoms with E-state index >= 15 is 0 Å². The van der Waals surface area contributed by atoms with Crippen molar-refractivity contribution in [3.8, 4) is 11.1 Å². The summed E-state index contributed by atoms with van der Waals surface area (Å²) in [6, 6.07) is 17.0. The molecule has 2 aromatic rings. The van der Waals surface area contributed by atoms with Crippen LogP contribution in [0.3, 0.4) is 0 Å². The average Bonchev–Trinajstić information content (AvgIpc) is 2.61. The van der Waals surface area contributed by atoms with Crippen molar-refractivity contribution in [2.75, 3.05) is 13.2 Å². The molecule has 124 valence electrons. The molecule has 0 amide bonds. The van der Waals surface area contributed by atoms with Gasteiger partial charge in [-0.2, -0.15) is 0 Å². The SMILES string of the molecule is C=C(C)C(=O)OCCCOC(=O)c1ccccc1-c1ccccc1. The molecule has 0 heterocycles. The predicted molar refractivity (Wildman–Crippen MR) is 92.6 cm³/mol. The third-order valence-electron chi connectivity index (χ3n) is 3.34. The normalized spacial score (nSPS) is 10.0. The van der Waals surface area contributed by atoms with Crippen LogP contribution in [0.2, 0.25) is 0 Å². The van der Waals surface area contributed by atoms with Gasteiger partial charge in [0.25, 0.3) is 0 Å². The molecule has 2 aromatic carbocycles. The molecule has 0 spiro atoms. The molecule has 0 saturated heterocycles. The van der Waals surface area contributed by atoms with E-state index in [1.54, 1.807) is 19.1 Å². The van der Waals surface area contributed by atoms with Gasteiger partial charge in [-0.25, -0.2) is 9.59 Å². The van der Waals surface area contributed by atoms with Gasteiger partial charge in [0.2, 0.25) is 0 Å². The van der Waals surface area contributed by atoms with Crippen molar-refractivity contribution < 1.29 is 19.1 Å². The second kappa shape index (κ2) is 8.67. The molecule has 0 saturated carbocycles. The summed E-state index contributed by atoms with van der Waals surface area (Å²) in [5.41, 5.74) is 2.66. The second-order valence-corrected chi connectivity index (χ2v) is 5.32. The van der Waals surface area contributed by atoms with Gasteiger partial charge in [0.15, 0.2) is 0 Å². The van der Waals surface area contributed by atoms with Crippen LogP contribution in [-0.4, -0.2) is 25.2 Å². The highest BCUT2D eigenvalue weighted by Crippen LogP contribution is 2.23. The zero-order valence-corrected chi connectivity index (χ0v) is 13.7. The fourth-order valence-corrected chi connectivity index (χ4v) is 2.12. The Hall–Kier alpha value is -2.88. The number of benzene rings is 2. The molecule has 0 atom stereocenters. The van der Waals surface area contributed by atoms with E-state index in [0.29, 0.717) is 17.6 Å². The fraction of sp³-hybridized carbons (Fsp3) is 0.200. The predicted octanol–water partition coefficient (Wildman–Crippen LogP) is 4.02. The Balaban J connectivity index is 1.92. The molecular formula is C20H20O4. The summed E-state index contributed by atoms with van der Waals surface area (Å²) >= 11 is 0. The highest BCUT2D eigenvalue weighted by atomic mass is 16.5. The number of carbonyl (C=O) groups excluding carboxylic acids is 2. The molecule has 0 bridgehead atoms. The lowest BCUT2D eigenvalue weighted by atomic mass is 10.00. The van der Waals surface area contributed by atoms with Crippen molar-refractivity contribution in [2.45, 2.75) is 13.3 Å². The van der Waals surface area contributed by atoms with E-state index < -0.39 is 5.97 Å². The molecule has 0 aliphatic heterocycles. The molecule has 0 radical (unpaired) electrons. The van der Waals surface area contributed by atoms with Gasteiger partial charge >= 0.3 is 11.9 Å². The average molecular weight is 324 g/mol. The highest BCUT2D eigenvalue weighted by molar-refractivity contribution is 5.97. The first-order valence-corrected chi connectivity index (χ1v) is 7.74. The van der Waals surface area contributed by atoms with Gasteiger partial charge in [-0.05, 0) is 24.1 Å². The first kappa shape index (κ1) is 17.5. The quantitative estimate of drug-likeness (QED) is 0.438. The Bertz CT molecular complexity index is 719. The summed E-state index contributed by atoms with van der Waals surface area (Å²) < 4.78 is 10.2. The lowest BCUT2D eigenvalue weighted by Gasteiger charge is -2.10. The molecule has 24 heavy (non-hydrogen) atoms. The molecular weight excluding hydrogens is 304 g/mol. The second-order valence-electron chi connectivity index (χ2n) is 5.32. The third kappa shape index (κ3) is 4.81. The minimum Gasteiger partial charge on any atom is -0.462 e. The molecule has 2 rings (SSSR count). The molecule has 4 nitrogen and oxygen atoms in total. The van der Waals surface area contributed by atoms with E-state index in [1.165, 1.54) is 0 Å². The minimum absolute atomic E-state index is 0.186. The highest BCUT2D eigenvalue weighted by Gasteiger charge is 2.13. The number of esters is 2. The molecule has 0 aliphatic rings. The maximum Gasteiger partial charge on any atom is 0.338 e. The molecule has 0 aromatic heterocycles. The van der Waals surface area contributed by atoms with Crippen molar-refractivity contribution >= 4 is 11.9 Å². The van der Waals surface area contributed by atoms with Gasteiger partial charge in [0.1, 0.15) is 0 Å². The van der Waals surface area contributed by atoms with Crippen LogP contribution in [0.15, 0.2) is 66.7 Å². The third-order valence-corrected chi connectivity index (χ3v) is 3.34. The van der Waals surface area contributed by atoms with Crippen LogP contribution in [0.25, 0.3) is 11.1 Å². The molecule has 0 aliphatic carbocycles. The summed E-state index contributed by atoms with van der Waals surface area (Å²) in [6.45, 7) is 5.47. The van der Waals surface area contributed by atoms with Gasteiger partial charge in [-0.3, -0.25) is 0 Å². The van der Waals surface area contributed by atoms with Crippen molar-refractivity contribution in [3.05, 3.63) is 72.3 Å². The van der Waals surface area contributed by atoms with E-state index in [0.717, 1.165) is 11.1 Å². The largest absolute Gasteiger partial charge is 0.462 e. The standard InChI is InChI=1S/C20H20O4/c1-15(2)19(21)23-13-8-14-24-20(22)18-12-7-6-11-17(18)16-9-4-3-5-10-16/h3-7,9-12H,1,8,13-14H2,2H3. The van der Waals surface area contributed by atoms with Crippen LogP contribution >= 0.6 is 0 Å². The van der Waals surface area contributed by atoms with Crippen LogP contribution < -0.4 is 0 Å². The van der Waals surface area contributed by atoms with E-state index in [9.17, 15) is 9.59 Å². The summed E-state index contributed by atoms with van der Waals surface area (Å²) in [6.07, 6.45) is 0.443. The van der Waals surface area contributed by atoms with Crippen LogP contribution in [0.1, 0.15) is 23.7 Å². The molecule has 0 unspecified atom stereocenters. The van der Waals surface area contributed by atoms with Crippen LogP contribution in [0, 0.1) is 0 Å². The number of rotatable bonds is 7. The maximum atomic E-state index is 12.3. The number of hydrogen-bond acceptors (Lipinski definition) is 4. The van der Waals surface area contributed by atoms with Gasteiger partial charge in [-0.1, -0.05) is 55.1 Å². The van der Waals surface area contributed by atoms with Crippen LogP contribution in [0.4, 0.5) is 0 Å². The van der Waals surface area contributed by atoms with Crippen molar-refractivity contribution in [2.24, 2.45) is 0 Å². The van der Waals surface area contributed by atoms with Crippen molar-refractivity contribution in [1.82, 2.24) is 0 Å². The Kier molecular flexibility index (Phi) is 6.32. The smallest absolute Gasteiger partial charge is 0.338 e. The lowest BCUT2D eigenvalue weighted by molar-refractivity contribution is -0.139. The maximum absolute atomic E-state index is 12.3. The summed E-state index contributed by atoms with van der Waals surface area (Å²) in [5.74, 6) is -0.823. The zero-order valence-electron chi connectivity index (χ0n) is 13.7. The van der Waals surface area contributed by atoms with Crippen LogP contribution in [0.5, 0.6) is 0 Å². The first-order chi connectivity index (χ1) is 11.6. The fourth-order valence-electron chi connectivity index (χ4n) is 2.12. The number of hydrogen-bond donors (Lipinski definition) is 0. The summed E-state index contributed by atoms with van der Waals surface area (Å²) in [4.78, 5) is 23.5. The molecule has 0 N–H and O–H groups in total. The topological polar surface area (TPSA) is 52.6 Å². The van der Waals surface area contributed by atoms with Crippen LogP contribution in [-0.2, 0) is 14.3 Å². The van der Waals surface area contributed by atoms with Gasteiger partial charge in [0.05, 0.1) is 18.8 Å². The van der Waals surface area contributed by atoms with E-state index in [4.69, 9.17) is 9.47 Å². The van der Waals surface area contributed by atoms with Gasteiger partial charge in [0, 0.05) is 12.0 Å². The van der Waals surface area contributed by atoms with Crippen molar-refractivity contribution in [3.63, 3.8) is 0 Å². The Labute approximate surface area is 141 Å². The van der Waals surface area contributed by atoms with E-state index in [-0.39, 0.29) is 19.2 Å². The number of carbonyl (C=O) groups is 2. The summed E-state index contributed by atoms with van der Waals surface area (Å²) in [7, 11) is 0. The molecule has 0 fully saturated rings. The number of ether oxygens (including phenoxy) is 2. The minimum atomic E-state index is -0.434. The van der Waals surface area contributed by atoms with E-state index in [2.05, 4.69) is 6.58 Å². The van der Waals surface area contributed by atoms with Crippen molar-refractivity contribution in [1.29, 1.82) is 0 Å². The monoisotopic (exact) mass is 324 g/mol. The first-order valence-electron chi connectivity index (χ1n) is 7.74. The molecule has 4 heteroatoms. The lowest BCUT2D eigenvalue weighted by Crippen LogP contribution is -2.11.